The third-order valence-corrected chi connectivity index (χ3v) is 4.86. The molecule has 0 unspecified atom stereocenters. The van der Waals surface area contributed by atoms with Gasteiger partial charge in [-0.15, -0.1) is 0 Å². The van der Waals surface area contributed by atoms with E-state index >= 15 is 0 Å². The molecule has 2 aromatic heterocycles. The summed E-state index contributed by atoms with van der Waals surface area (Å²) in [4.78, 5) is 33.3. The molecular formula is C22H17ClN4O3. The van der Waals surface area contributed by atoms with Crippen molar-refractivity contribution in [3.63, 3.8) is 0 Å². The summed E-state index contributed by atoms with van der Waals surface area (Å²) >= 11 is 5.97. The van der Waals surface area contributed by atoms with E-state index in [4.69, 9.17) is 16.3 Å². The Morgan fingerprint density at radius 2 is 1.93 bits per heavy atom. The third kappa shape index (κ3) is 4.01. The molecule has 0 fully saturated rings. The number of amides is 1. The standard InChI is InChI=1S/C22H17ClN4O3/c1-30-16-6-7-19-17(10-16)18(13-27(19)12-14-2-4-15(23)5-3-14)21(28)22(29)26-20-11-24-8-9-25-20/h2-11,13H,12H2,1H3,(H,25,26,29). The van der Waals surface area contributed by atoms with Crippen LogP contribution in [0.1, 0.15) is 15.9 Å². The monoisotopic (exact) mass is 420 g/mol. The molecule has 0 bridgehead atoms. The molecule has 0 spiro atoms. The lowest BCUT2D eigenvalue weighted by molar-refractivity contribution is -0.112. The first-order valence-corrected chi connectivity index (χ1v) is 9.46. The number of carbonyl (C=O) groups excluding carboxylic acids is 2. The van der Waals surface area contributed by atoms with Crippen molar-refractivity contribution >= 4 is 40.0 Å². The molecule has 0 saturated carbocycles. The van der Waals surface area contributed by atoms with Crippen LogP contribution in [-0.4, -0.2) is 33.3 Å². The second-order valence-electron chi connectivity index (χ2n) is 6.55. The van der Waals surface area contributed by atoms with Gasteiger partial charge in [0.05, 0.1) is 18.9 Å². The largest absolute Gasteiger partial charge is 0.497 e. The molecule has 0 atom stereocenters. The summed E-state index contributed by atoms with van der Waals surface area (Å²) in [7, 11) is 1.55. The van der Waals surface area contributed by atoms with Crippen LogP contribution >= 0.6 is 11.6 Å². The van der Waals surface area contributed by atoms with Crippen LogP contribution in [0.25, 0.3) is 10.9 Å². The van der Waals surface area contributed by atoms with Gasteiger partial charge in [-0.2, -0.15) is 0 Å². The van der Waals surface area contributed by atoms with Gasteiger partial charge < -0.3 is 14.6 Å². The minimum absolute atomic E-state index is 0.207. The Bertz CT molecular complexity index is 1220. The normalized spacial score (nSPS) is 10.7. The van der Waals surface area contributed by atoms with E-state index < -0.39 is 11.7 Å². The molecule has 1 N–H and O–H groups in total. The van der Waals surface area contributed by atoms with Gasteiger partial charge in [-0.3, -0.25) is 14.6 Å². The summed E-state index contributed by atoms with van der Waals surface area (Å²) in [5.74, 6) is -0.661. The smallest absolute Gasteiger partial charge is 0.298 e. The number of hydrogen-bond donors (Lipinski definition) is 1. The first-order chi connectivity index (χ1) is 14.5. The predicted octanol–water partition coefficient (Wildman–Crippen LogP) is 3.96. The van der Waals surface area contributed by atoms with E-state index in [2.05, 4.69) is 15.3 Å². The molecule has 0 aliphatic carbocycles. The number of Topliss-reactive ketones (excluding diaryl/α,β-unsaturated/α-hetero) is 1. The highest BCUT2D eigenvalue weighted by Gasteiger charge is 2.22. The van der Waals surface area contributed by atoms with Crippen molar-refractivity contribution in [2.24, 2.45) is 0 Å². The maximum atomic E-state index is 12.9. The topological polar surface area (TPSA) is 86.1 Å². The maximum Gasteiger partial charge on any atom is 0.298 e. The lowest BCUT2D eigenvalue weighted by Crippen LogP contribution is -2.23. The molecule has 7 nitrogen and oxygen atoms in total. The highest BCUT2D eigenvalue weighted by Crippen LogP contribution is 2.27. The fourth-order valence-corrected chi connectivity index (χ4v) is 3.29. The van der Waals surface area contributed by atoms with E-state index in [1.165, 1.54) is 18.6 Å². The van der Waals surface area contributed by atoms with Crippen LogP contribution < -0.4 is 10.1 Å². The Morgan fingerprint density at radius 3 is 2.63 bits per heavy atom. The van der Waals surface area contributed by atoms with E-state index in [-0.39, 0.29) is 11.4 Å². The molecule has 150 valence electrons. The molecule has 4 rings (SSSR count). The average Bonchev–Trinajstić information content (AvgIpc) is 3.13. The van der Waals surface area contributed by atoms with Crippen LogP contribution in [0, 0.1) is 0 Å². The summed E-state index contributed by atoms with van der Waals surface area (Å²) in [5.41, 5.74) is 2.09. The number of methoxy groups -OCH3 is 1. The van der Waals surface area contributed by atoms with Gasteiger partial charge in [-0.1, -0.05) is 23.7 Å². The van der Waals surface area contributed by atoms with Crippen LogP contribution in [0.5, 0.6) is 5.75 Å². The van der Waals surface area contributed by atoms with Crippen LogP contribution in [-0.2, 0) is 11.3 Å². The summed E-state index contributed by atoms with van der Waals surface area (Å²) in [6.45, 7) is 0.513. The van der Waals surface area contributed by atoms with E-state index in [9.17, 15) is 9.59 Å². The first kappa shape index (κ1) is 19.6. The fraction of sp³-hybridized carbons (Fsp3) is 0.0909. The Morgan fingerprint density at radius 1 is 1.13 bits per heavy atom. The number of anilines is 1. The molecule has 2 heterocycles. The first-order valence-electron chi connectivity index (χ1n) is 9.08. The Kier molecular flexibility index (Phi) is 5.45. The second-order valence-corrected chi connectivity index (χ2v) is 6.99. The van der Waals surface area contributed by atoms with Gasteiger partial charge >= 0.3 is 0 Å². The zero-order valence-corrected chi connectivity index (χ0v) is 16.8. The molecule has 0 radical (unpaired) electrons. The number of rotatable bonds is 6. The van der Waals surface area contributed by atoms with Gasteiger partial charge in [0.25, 0.3) is 11.7 Å². The van der Waals surface area contributed by atoms with E-state index in [0.29, 0.717) is 22.7 Å². The van der Waals surface area contributed by atoms with E-state index in [0.717, 1.165) is 11.1 Å². The van der Waals surface area contributed by atoms with Crippen LogP contribution in [0.3, 0.4) is 0 Å². The number of fused-ring (bicyclic) bond motifs is 1. The average molecular weight is 421 g/mol. The number of carbonyl (C=O) groups is 2. The number of hydrogen-bond acceptors (Lipinski definition) is 5. The zero-order valence-electron chi connectivity index (χ0n) is 16.0. The van der Waals surface area contributed by atoms with Gasteiger partial charge in [0.15, 0.2) is 5.82 Å². The Balaban J connectivity index is 1.71. The highest BCUT2D eigenvalue weighted by molar-refractivity contribution is 6.48. The molecule has 30 heavy (non-hydrogen) atoms. The summed E-state index contributed by atoms with van der Waals surface area (Å²) in [5, 5.41) is 3.76. The number of ether oxygens (including phenoxy) is 1. The van der Waals surface area contributed by atoms with E-state index in [1.807, 2.05) is 41.0 Å². The summed E-state index contributed by atoms with van der Waals surface area (Å²) < 4.78 is 7.22. The SMILES string of the molecule is COc1ccc2c(c1)c(C(=O)C(=O)Nc1cnccn1)cn2Cc1ccc(Cl)cc1. The molecule has 1 amide bonds. The predicted molar refractivity (Wildman–Crippen MR) is 114 cm³/mol. The summed E-state index contributed by atoms with van der Waals surface area (Å²) in [6.07, 6.45) is 5.96. The molecule has 0 saturated heterocycles. The molecular weight excluding hydrogens is 404 g/mol. The van der Waals surface area contributed by atoms with Crippen molar-refractivity contribution < 1.29 is 14.3 Å². The number of benzene rings is 2. The molecule has 2 aromatic carbocycles. The minimum Gasteiger partial charge on any atom is -0.497 e. The van der Waals surface area contributed by atoms with Crippen molar-refractivity contribution in [1.82, 2.24) is 14.5 Å². The molecule has 0 aliphatic heterocycles. The van der Waals surface area contributed by atoms with Gasteiger partial charge in [-0.25, -0.2) is 4.98 Å². The number of aromatic nitrogens is 3. The molecule has 4 aromatic rings. The Labute approximate surface area is 177 Å². The van der Waals surface area contributed by atoms with Crippen LogP contribution in [0.2, 0.25) is 5.02 Å². The molecule has 8 heteroatoms. The van der Waals surface area contributed by atoms with Crippen molar-refractivity contribution in [1.29, 1.82) is 0 Å². The van der Waals surface area contributed by atoms with Gasteiger partial charge in [0, 0.05) is 41.1 Å². The Hall–Kier alpha value is -3.71. The van der Waals surface area contributed by atoms with E-state index in [1.54, 1.807) is 19.4 Å². The highest BCUT2D eigenvalue weighted by atomic mass is 35.5. The van der Waals surface area contributed by atoms with Crippen LogP contribution in [0.4, 0.5) is 5.82 Å². The number of nitrogens with zero attached hydrogens (tertiary/aromatic N) is 3. The van der Waals surface area contributed by atoms with Gasteiger partial charge in [0.2, 0.25) is 0 Å². The number of ketones is 1. The third-order valence-electron chi connectivity index (χ3n) is 4.61. The number of nitrogens with one attached hydrogen (secondary N) is 1. The second kappa shape index (κ2) is 8.34. The van der Waals surface area contributed by atoms with Crippen molar-refractivity contribution in [2.45, 2.75) is 6.54 Å². The van der Waals surface area contributed by atoms with Crippen LogP contribution in [0.15, 0.2) is 67.3 Å². The fourth-order valence-electron chi connectivity index (χ4n) is 3.16. The van der Waals surface area contributed by atoms with Crippen molar-refractivity contribution in [2.75, 3.05) is 12.4 Å². The lowest BCUT2D eigenvalue weighted by Gasteiger charge is -2.06. The minimum atomic E-state index is -0.788. The molecule has 0 aliphatic rings. The van der Waals surface area contributed by atoms with Crippen molar-refractivity contribution in [3.8, 4) is 5.75 Å². The van der Waals surface area contributed by atoms with Gasteiger partial charge in [0.1, 0.15) is 5.75 Å². The summed E-state index contributed by atoms with van der Waals surface area (Å²) in [6, 6.07) is 12.9. The van der Waals surface area contributed by atoms with Crippen molar-refractivity contribution in [3.05, 3.63) is 83.4 Å². The zero-order chi connectivity index (χ0) is 21.1. The maximum absolute atomic E-state index is 12.9. The number of halogens is 1. The van der Waals surface area contributed by atoms with Gasteiger partial charge in [-0.05, 0) is 35.9 Å². The quantitative estimate of drug-likeness (QED) is 0.377. The lowest BCUT2D eigenvalue weighted by atomic mass is 10.1.